The first-order valence-electron chi connectivity index (χ1n) is 9.84. The quantitative estimate of drug-likeness (QED) is 0.751. The normalized spacial score (nSPS) is 18.5. The van der Waals surface area contributed by atoms with Gasteiger partial charge in [-0.25, -0.2) is 8.42 Å². The number of amidine groups is 1. The Kier molecular flexibility index (Phi) is 5.97. The lowest BCUT2D eigenvalue weighted by Gasteiger charge is -2.34. The highest BCUT2D eigenvalue weighted by Crippen LogP contribution is 2.22. The highest BCUT2D eigenvalue weighted by Gasteiger charge is 2.30. The number of piperazine rings is 1. The van der Waals surface area contributed by atoms with Crippen LogP contribution in [0, 0.1) is 0 Å². The van der Waals surface area contributed by atoms with E-state index in [-0.39, 0.29) is 35.5 Å². The molecule has 0 unspecified atom stereocenters. The number of amides is 2. The number of hydrogen-bond donors (Lipinski definition) is 1. The molecule has 1 saturated heterocycles. The van der Waals surface area contributed by atoms with Crippen LogP contribution in [0.2, 0.25) is 5.02 Å². The maximum absolute atomic E-state index is 12.6. The third-order valence-electron chi connectivity index (χ3n) is 5.27. The Labute approximate surface area is 185 Å². The van der Waals surface area contributed by atoms with Crippen molar-refractivity contribution in [2.24, 2.45) is 4.99 Å². The van der Waals surface area contributed by atoms with Crippen LogP contribution < -0.4 is 4.72 Å². The summed E-state index contributed by atoms with van der Waals surface area (Å²) in [5, 5.41) is 0.574. The summed E-state index contributed by atoms with van der Waals surface area (Å²) in [6.07, 6.45) is 0.165. The molecule has 1 N–H and O–H groups in total. The molecule has 2 aromatic carbocycles. The van der Waals surface area contributed by atoms with Gasteiger partial charge < -0.3 is 9.80 Å². The van der Waals surface area contributed by atoms with Crippen molar-refractivity contribution in [2.75, 3.05) is 32.7 Å². The van der Waals surface area contributed by atoms with E-state index in [0.717, 1.165) is 0 Å². The van der Waals surface area contributed by atoms with Crippen molar-refractivity contribution in [2.45, 2.75) is 11.3 Å². The molecule has 4 rings (SSSR count). The first kappa shape index (κ1) is 21.3. The molecule has 0 aromatic heterocycles. The molecule has 2 aliphatic rings. The summed E-state index contributed by atoms with van der Waals surface area (Å²) in [5.41, 5.74) is 1.09. The van der Waals surface area contributed by atoms with Crippen LogP contribution in [-0.2, 0) is 14.8 Å². The van der Waals surface area contributed by atoms with E-state index in [1.807, 2.05) is 0 Å². The molecule has 0 atom stereocenters. The van der Waals surface area contributed by atoms with Crippen molar-refractivity contribution < 1.29 is 18.0 Å². The molecule has 2 aromatic rings. The molecule has 0 bridgehead atoms. The van der Waals surface area contributed by atoms with Crippen LogP contribution in [0.4, 0.5) is 0 Å². The van der Waals surface area contributed by atoms with Crippen molar-refractivity contribution in [3.05, 3.63) is 64.7 Å². The Morgan fingerprint density at radius 1 is 0.968 bits per heavy atom. The number of aliphatic imine (C=N–C) groups is 1. The van der Waals surface area contributed by atoms with E-state index in [2.05, 4.69) is 9.71 Å². The second kappa shape index (κ2) is 8.68. The molecule has 2 aliphatic heterocycles. The summed E-state index contributed by atoms with van der Waals surface area (Å²) in [6.45, 7) is 1.98. The molecule has 8 nitrogen and oxygen atoms in total. The molecule has 10 heteroatoms. The number of sulfonamides is 1. The molecule has 0 saturated carbocycles. The van der Waals surface area contributed by atoms with E-state index in [1.165, 1.54) is 6.07 Å². The van der Waals surface area contributed by atoms with Crippen LogP contribution >= 0.6 is 11.6 Å². The minimum atomic E-state index is -3.59. The van der Waals surface area contributed by atoms with Gasteiger partial charge >= 0.3 is 0 Å². The van der Waals surface area contributed by atoms with Gasteiger partial charge in [0.15, 0.2) is 0 Å². The van der Waals surface area contributed by atoms with E-state index in [4.69, 9.17) is 11.6 Å². The predicted octanol–water partition coefficient (Wildman–Crippen LogP) is 1.75. The van der Waals surface area contributed by atoms with Crippen LogP contribution in [0.25, 0.3) is 0 Å². The van der Waals surface area contributed by atoms with Gasteiger partial charge in [0.1, 0.15) is 5.84 Å². The number of hydrogen-bond acceptors (Lipinski definition) is 5. The number of carbonyl (C=O) groups is 2. The zero-order valence-corrected chi connectivity index (χ0v) is 18.2. The van der Waals surface area contributed by atoms with E-state index >= 15 is 0 Å². The van der Waals surface area contributed by atoms with E-state index in [1.54, 1.807) is 52.3 Å². The number of benzene rings is 2. The fourth-order valence-corrected chi connectivity index (χ4v) is 4.98. The minimum absolute atomic E-state index is 0.0721. The molecule has 31 heavy (non-hydrogen) atoms. The summed E-state index contributed by atoms with van der Waals surface area (Å²) in [6, 6.07) is 13.3. The van der Waals surface area contributed by atoms with Crippen LogP contribution in [0.3, 0.4) is 0 Å². The number of nitrogens with one attached hydrogen (secondary N) is 1. The van der Waals surface area contributed by atoms with Gasteiger partial charge in [0, 0.05) is 48.7 Å². The average molecular weight is 461 g/mol. The first-order valence-corrected chi connectivity index (χ1v) is 11.7. The summed E-state index contributed by atoms with van der Waals surface area (Å²) >= 11 is 5.87. The maximum Gasteiger partial charge on any atom is 0.263 e. The van der Waals surface area contributed by atoms with E-state index in [0.29, 0.717) is 42.3 Å². The van der Waals surface area contributed by atoms with E-state index < -0.39 is 10.0 Å². The van der Waals surface area contributed by atoms with Gasteiger partial charge in [-0.2, -0.15) is 0 Å². The number of carbonyl (C=O) groups excluding carboxylic acids is 2. The summed E-state index contributed by atoms with van der Waals surface area (Å²) < 4.78 is 26.6. The van der Waals surface area contributed by atoms with Gasteiger partial charge in [0.25, 0.3) is 15.9 Å². The molecule has 0 aliphatic carbocycles. The molecular weight excluding hydrogens is 440 g/mol. The zero-order valence-electron chi connectivity index (χ0n) is 16.6. The fraction of sp³-hybridized carbons (Fsp3) is 0.286. The average Bonchev–Trinajstić information content (AvgIpc) is 3.04. The van der Waals surface area contributed by atoms with Crippen LogP contribution in [0.1, 0.15) is 22.3 Å². The van der Waals surface area contributed by atoms with Crippen molar-refractivity contribution in [1.82, 2.24) is 14.5 Å². The second-order valence-corrected chi connectivity index (χ2v) is 9.35. The minimum Gasteiger partial charge on any atom is -0.339 e. The van der Waals surface area contributed by atoms with Gasteiger partial charge in [0.2, 0.25) is 5.91 Å². The number of fused-ring (bicyclic) bond motifs is 1. The van der Waals surface area contributed by atoms with Crippen LogP contribution in [0.15, 0.2) is 58.4 Å². The van der Waals surface area contributed by atoms with Crippen molar-refractivity contribution in [3.63, 3.8) is 0 Å². The van der Waals surface area contributed by atoms with Crippen molar-refractivity contribution in [3.8, 4) is 0 Å². The Balaban J connectivity index is 1.30. The standard InChI is InChI=1S/C21H21ClN4O4S/c22-16-7-5-15(6-8-16)21(28)26-13-11-25(12-14-26)19(27)9-10-23-20-17-3-1-2-4-18(17)31(29,30)24-20/h1-8H,9-14H2,(H,23,24). The Morgan fingerprint density at radius 3 is 2.32 bits per heavy atom. The Bertz CT molecular complexity index is 1140. The Hall–Kier alpha value is -2.91. The van der Waals surface area contributed by atoms with Crippen molar-refractivity contribution in [1.29, 1.82) is 0 Å². The highest BCUT2D eigenvalue weighted by molar-refractivity contribution is 7.90. The van der Waals surface area contributed by atoms with Gasteiger partial charge in [-0.1, -0.05) is 23.7 Å². The van der Waals surface area contributed by atoms with Crippen LogP contribution in [-0.4, -0.2) is 68.6 Å². The first-order chi connectivity index (χ1) is 14.8. The Morgan fingerprint density at radius 2 is 1.61 bits per heavy atom. The number of halogens is 1. The molecular formula is C21H21ClN4O4S. The van der Waals surface area contributed by atoms with E-state index in [9.17, 15) is 18.0 Å². The predicted molar refractivity (Wildman–Crippen MR) is 117 cm³/mol. The van der Waals surface area contributed by atoms with Gasteiger partial charge in [-0.3, -0.25) is 19.3 Å². The third kappa shape index (κ3) is 4.57. The van der Waals surface area contributed by atoms with Gasteiger partial charge in [0.05, 0.1) is 11.4 Å². The second-order valence-electron chi connectivity index (χ2n) is 7.26. The third-order valence-corrected chi connectivity index (χ3v) is 6.92. The highest BCUT2D eigenvalue weighted by atomic mass is 35.5. The monoisotopic (exact) mass is 460 g/mol. The number of nitrogens with zero attached hydrogens (tertiary/aromatic N) is 3. The van der Waals surface area contributed by atoms with Crippen molar-refractivity contribution >= 4 is 39.3 Å². The lowest BCUT2D eigenvalue weighted by molar-refractivity contribution is -0.132. The molecule has 0 spiro atoms. The molecule has 2 amide bonds. The molecule has 2 heterocycles. The lowest BCUT2D eigenvalue weighted by Crippen LogP contribution is -2.50. The SMILES string of the molecule is O=C(CCN=C1NS(=O)(=O)c2ccccc21)N1CCN(C(=O)c2ccc(Cl)cc2)CC1. The molecule has 1 fully saturated rings. The summed E-state index contributed by atoms with van der Waals surface area (Å²) in [4.78, 5) is 33.0. The van der Waals surface area contributed by atoms with Gasteiger partial charge in [-0.15, -0.1) is 0 Å². The molecule has 162 valence electrons. The fourth-order valence-electron chi connectivity index (χ4n) is 3.61. The smallest absolute Gasteiger partial charge is 0.263 e. The summed E-state index contributed by atoms with van der Waals surface area (Å²) in [7, 11) is -3.59. The topological polar surface area (TPSA) is 99.1 Å². The van der Waals surface area contributed by atoms with Gasteiger partial charge in [-0.05, 0) is 36.4 Å². The maximum atomic E-state index is 12.6. The zero-order chi connectivity index (χ0) is 22.0. The number of rotatable bonds is 4. The summed E-state index contributed by atoms with van der Waals surface area (Å²) in [5.74, 6) is 0.112. The largest absolute Gasteiger partial charge is 0.339 e. The lowest BCUT2D eigenvalue weighted by atomic mass is 10.2. The molecule has 0 radical (unpaired) electrons. The van der Waals surface area contributed by atoms with Crippen LogP contribution in [0.5, 0.6) is 0 Å².